The van der Waals surface area contributed by atoms with E-state index in [-0.39, 0.29) is 5.96 Å². The van der Waals surface area contributed by atoms with Crippen LogP contribution in [0.15, 0.2) is 22.2 Å². The molecule has 0 aliphatic carbocycles. The second-order valence-electron chi connectivity index (χ2n) is 1.76. The maximum absolute atomic E-state index is 7.00. The van der Waals surface area contributed by atoms with Crippen molar-refractivity contribution in [3.8, 4) is 0 Å². The van der Waals surface area contributed by atoms with Gasteiger partial charge in [-0.25, -0.2) is 4.99 Å². The molecule has 0 unspecified atom stereocenters. The molecule has 9 heavy (non-hydrogen) atoms. The van der Waals surface area contributed by atoms with E-state index >= 15 is 0 Å². The first-order chi connectivity index (χ1) is 4.36. The van der Waals surface area contributed by atoms with Gasteiger partial charge in [0.25, 0.3) is 0 Å². The van der Waals surface area contributed by atoms with E-state index in [1.807, 2.05) is 0 Å². The van der Waals surface area contributed by atoms with Crippen LogP contribution in [0.2, 0.25) is 0 Å². The van der Waals surface area contributed by atoms with Gasteiger partial charge in [-0.2, -0.15) is 4.99 Å². The van der Waals surface area contributed by atoms with Crippen molar-refractivity contribution in [2.45, 2.75) is 0 Å². The van der Waals surface area contributed by atoms with Crippen LogP contribution in [-0.4, -0.2) is 10.9 Å². The van der Waals surface area contributed by atoms with Crippen LogP contribution < -0.4 is 10.8 Å². The van der Waals surface area contributed by atoms with Gasteiger partial charge in [-0.15, -0.1) is 0 Å². The Balaban J connectivity index is 3.01. The van der Waals surface area contributed by atoms with Gasteiger partial charge in [0, 0.05) is 6.20 Å². The summed E-state index contributed by atoms with van der Waals surface area (Å²) in [5.41, 5.74) is 0.694. The lowest BCUT2D eigenvalue weighted by atomic mass is 10.6. The van der Waals surface area contributed by atoms with E-state index in [1.54, 1.807) is 12.3 Å². The molecule has 2 N–H and O–H groups in total. The third kappa shape index (κ3) is 0.495. The SMILES string of the molecule is N=C1N=c2cc[nH]c2=N1. The van der Waals surface area contributed by atoms with Crippen molar-refractivity contribution in [3.63, 3.8) is 0 Å². The number of nitrogens with zero attached hydrogens (tertiary/aromatic N) is 2. The van der Waals surface area contributed by atoms with Gasteiger partial charge in [-0.05, 0) is 6.07 Å². The van der Waals surface area contributed by atoms with Crippen LogP contribution in [0, 0.1) is 5.41 Å². The zero-order chi connectivity index (χ0) is 6.27. The summed E-state index contributed by atoms with van der Waals surface area (Å²) in [6.07, 6.45) is 1.75. The lowest BCUT2D eigenvalue weighted by molar-refractivity contribution is 1.22. The summed E-state index contributed by atoms with van der Waals surface area (Å²) >= 11 is 0. The first kappa shape index (κ1) is 4.43. The summed E-state index contributed by atoms with van der Waals surface area (Å²) in [6.45, 7) is 0. The van der Waals surface area contributed by atoms with E-state index in [0.29, 0.717) is 5.49 Å². The predicted octanol–water partition coefficient (Wildman–Crippen LogP) is -0.798. The molecule has 0 atom stereocenters. The highest BCUT2D eigenvalue weighted by Crippen LogP contribution is 1.78. The Labute approximate surface area is 50.5 Å². The van der Waals surface area contributed by atoms with Gasteiger partial charge in [0.2, 0.25) is 5.96 Å². The second kappa shape index (κ2) is 1.28. The minimum atomic E-state index is 0.0804. The monoisotopic (exact) mass is 120 g/mol. The van der Waals surface area contributed by atoms with Crippen molar-refractivity contribution in [2.75, 3.05) is 0 Å². The standard InChI is InChI=1S/C5H4N4/c6-5-8-3-1-2-7-4(3)9-5/h1-2H,(H2,6,7,8,9). The van der Waals surface area contributed by atoms with Crippen molar-refractivity contribution in [1.82, 2.24) is 4.98 Å². The molecule has 4 heteroatoms. The van der Waals surface area contributed by atoms with E-state index in [2.05, 4.69) is 15.0 Å². The molecule has 1 aliphatic heterocycles. The van der Waals surface area contributed by atoms with Gasteiger partial charge in [0.05, 0.1) is 0 Å². The van der Waals surface area contributed by atoms with Gasteiger partial charge in [0.1, 0.15) is 5.36 Å². The Bertz CT molecular complexity index is 326. The van der Waals surface area contributed by atoms with Crippen molar-refractivity contribution in [3.05, 3.63) is 23.1 Å². The van der Waals surface area contributed by atoms with E-state index in [9.17, 15) is 0 Å². The highest BCUT2D eigenvalue weighted by molar-refractivity contribution is 5.79. The molecule has 4 nitrogen and oxygen atoms in total. The van der Waals surface area contributed by atoms with Crippen LogP contribution in [0.25, 0.3) is 0 Å². The summed E-state index contributed by atoms with van der Waals surface area (Å²) in [5, 5.41) is 7.76. The van der Waals surface area contributed by atoms with Crippen molar-refractivity contribution in [1.29, 1.82) is 5.41 Å². The number of hydrogen-bond donors (Lipinski definition) is 2. The van der Waals surface area contributed by atoms with Crippen LogP contribution in [0.1, 0.15) is 0 Å². The molecule has 0 saturated heterocycles. The average molecular weight is 120 g/mol. The first-order valence-electron chi connectivity index (χ1n) is 2.56. The van der Waals surface area contributed by atoms with Gasteiger partial charge < -0.3 is 4.98 Å². The predicted molar refractivity (Wildman–Crippen MR) is 30.8 cm³/mol. The Kier molecular flexibility index (Phi) is 0.631. The Morgan fingerprint density at radius 2 is 2.33 bits per heavy atom. The van der Waals surface area contributed by atoms with Gasteiger partial charge in [0.15, 0.2) is 5.49 Å². The van der Waals surface area contributed by atoms with Crippen molar-refractivity contribution < 1.29 is 0 Å². The Morgan fingerprint density at radius 1 is 1.44 bits per heavy atom. The van der Waals surface area contributed by atoms with E-state index in [4.69, 9.17) is 5.41 Å². The van der Waals surface area contributed by atoms with Gasteiger partial charge in [-0.3, -0.25) is 5.41 Å². The number of H-pyrrole nitrogens is 1. The molecule has 0 spiro atoms. The van der Waals surface area contributed by atoms with Crippen LogP contribution >= 0.6 is 0 Å². The molecule has 1 aliphatic rings. The van der Waals surface area contributed by atoms with Gasteiger partial charge >= 0.3 is 0 Å². The molecule has 1 aromatic rings. The molecule has 2 rings (SSSR count). The molecule has 0 bridgehead atoms. The molecule has 0 saturated carbocycles. The third-order valence-corrected chi connectivity index (χ3v) is 1.15. The number of nitrogens with one attached hydrogen (secondary N) is 2. The van der Waals surface area contributed by atoms with Crippen molar-refractivity contribution in [2.24, 2.45) is 9.98 Å². The lowest BCUT2D eigenvalue weighted by Crippen LogP contribution is -2.17. The molecule has 0 radical (unpaired) electrons. The summed E-state index contributed by atoms with van der Waals surface area (Å²) < 4.78 is 0. The molecule has 44 valence electrons. The minimum absolute atomic E-state index is 0.0804. The third-order valence-electron chi connectivity index (χ3n) is 1.15. The first-order valence-corrected chi connectivity index (χ1v) is 2.56. The number of hydrogen-bond acceptors (Lipinski definition) is 1. The fraction of sp³-hybridized carbons (Fsp3) is 0. The van der Waals surface area contributed by atoms with Crippen molar-refractivity contribution >= 4 is 5.96 Å². The molecular weight excluding hydrogens is 116 g/mol. The molecule has 1 aromatic heterocycles. The quantitative estimate of drug-likeness (QED) is 0.450. The van der Waals surface area contributed by atoms with Crippen LogP contribution in [0.5, 0.6) is 0 Å². The van der Waals surface area contributed by atoms with Crippen LogP contribution in [0.4, 0.5) is 0 Å². The Morgan fingerprint density at radius 3 is 3.11 bits per heavy atom. The highest BCUT2D eigenvalue weighted by Gasteiger charge is 1.99. The van der Waals surface area contributed by atoms with Crippen LogP contribution in [0.3, 0.4) is 0 Å². The van der Waals surface area contributed by atoms with E-state index in [1.165, 1.54) is 0 Å². The highest BCUT2D eigenvalue weighted by atomic mass is 15.1. The summed E-state index contributed by atoms with van der Waals surface area (Å²) in [5.74, 6) is 0.0804. The summed E-state index contributed by atoms with van der Waals surface area (Å²) in [4.78, 5) is 10.4. The maximum Gasteiger partial charge on any atom is 0.244 e. The topological polar surface area (TPSA) is 64.4 Å². The number of aromatic nitrogens is 1. The molecule has 0 amide bonds. The number of rotatable bonds is 0. The molecular formula is C5H4N4. The van der Waals surface area contributed by atoms with E-state index in [0.717, 1.165) is 5.36 Å². The zero-order valence-corrected chi connectivity index (χ0v) is 4.55. The average Bonchev–Trinajstić information content (AvgIpc) is 2.22. The molecule has 0 aromatic carbocycles. The largest absolute Gasteiger partial charge is 0.345 e. The summed E-state index contributed by atoms with van der Waals surface area (Å²) in [7, 11) is 0. The lowest BCUT2D eigenvalue weighted by Gasteiger charge is -1.72. The normalized spacial score (nSPS) is 14.4. The molecule has 2 heterocycles. The number of fused-ring (bicyclic) bond motifs is 1. The van der Waals surface area contributed by atoms with E-state index < -0.39 is 0 Å². The number of guanidine groups is 1. The molecule has 0 fully saturated rings. The van der Waals surface area contributed by atoms with Crippen LogP contribution in [-0.2, 0) is 0 Å². The number of aromatic amines is 1. The fourth-order valence-corrected chi connectivity index (χ4v) is 0.777. The van der Waals surface area contributed by atoms with Gasteiger partial charge in [-0.1, -0.05) is 0 Å². The smallest absolute Gasteiger partial charge is 0.244 e. The fourth-order valence-electron chi connectivity index (χ4n) is 0.777. The minimum Gasteiger partial charge on any atom is -0.345 e. The summed E-state index contributed by atoms with van der Waals surface area (Å²) in [6, 6.07) is 1.79. The zero-order valence-electron chi connectivity index (χ0n) is 4.55. The maximum atomic E-state index is 7.00. The Hall–Kier alpha value is -1.45. The second-order valence-corrected chi connectivity index (χ2v) is 1.76.